The molecule has 22 heavy (non-hydrogen) atoms. The summed E-state index contributed by atoms with van der Waals surface area (Å²) in [6.45, 7) is 7.03. The van der Waals surface area contributed by atoms with Crippen LogP contribution in [0.5, 0.6) is 0 Å². The largest absolute Gasteiger partial charge is 0.374 e. The van der Waals surface area contributed by atoms with E-state index >= 15 is 0 Å². The van der Waals surface area contributed by atoms with Crippen LogP contribution in [-0.2, 0) is 11.3 Å². The van der Waals surface area contributed by atoms with Gasteiger partial charge in [-0.2, -0.15) is 0 Å². The van der Waals surface area contributed by atoms with Gasteiger partial charge in [-0.25, -0.2) is 9.97 Å². The van der Waals surface area contributed by atoms with Gasteiger partial charge in [-0.15, -0.1) is 0 Å². The summed E-state index contributed by atoms with van der Waals surface area (Å²) in [6.07, 6.45) is 4.66. The summed E-state index contributed by atoms with van der Waals surface area (Å²) in [4.78, 5) is 25.5. The van der Waals surface area contributed by atoms with Gasteiger partial charge in [0.15, 0.2) is 0 Å². The summed E-state index contributed by atoms with van der Waals surface area (Å²) in [5.74, 6) is 1.41. The summed E-state index contributed by atoms with van der Waals surface area (Å²) in [5, 5.41) is 0. The fourth-order valence-corrected chi connectivity index (χ4v) is 3.27. The lowest BCUT2D eigenvalue weighted by Crippen LogP contribution is -2.44. The van der Waals surface area contributed by atoms with E-state index in [2.05, 4.69) is 14.9 Å². The normalized spacial score (nSPS) is 25.0. The topological polar surface area (TPSA) is 58.6 Å². The van der Waals surface area contributed by atoms with Crippen LogP contribution in [0.2, 0.25) is 0 Å². The van der Waals surface area contributed by atoms with Crippen molar-refractivity contribution in [1.29, 1.82) is 0 Å². The Kier molecular flexibility index (Phi) is 3.29. The number of amides is 1. The molecule has 3 aliphatic rings. The molecule has 3 heterocycles. The summed E-state index contributed by atoms with van der Waals surface area (Å²) < 4.78 is 5.84. The van der Waals surface area contributed by atoms with Gasteiger partial charge < -0.3 is 14.5 Å². The van der Waals surface area contributed by atoms with Crippen molar-refractivity contribution in [2.75, 3.05) is 24.6 Å². The van der Waals surface area contributed by atoms with Crippen LogP contribution in [0, 0.1) is 5.92 Å². The smallest absolute Gasteiger partial charge is 0.273 e. The maximum Gasteiger partial charge on any atom is 0.273 e. The molecule has 2 aliphatic heterocycles. The van der Waals surface area contributed by atoms with Crippen molar-refractivity contribution in [3.8, 4) is 0 Å². The molecule has 0 spiro atoms. The lowest BCUT2D eigenvalue weighted by Gasteiger charge is -2.33. The average molecular weight is 302 g/mol. The molecule has 1 aromatic rings. The van der Waals surface area contributed by atoms with E-state index in [0.29, 0.717) is 36.8 Å². The number of ether oxygens (including phenoxy) is 1. The molecular formula is C16H22N4O2. The lowest BCUT2D eigenvalue weighted by molar-refractivity contribution is 0.0258. The third-order valence-electron chi connectivity index (χ3n) is 4.80. The van der Waals surface area contributed by atoms with Crippen LogP contribution in [0.3, 0.4) is 0 Å². The third-order valence-corrected chi connectivity index (χ3v) is 4.80. The Morgan fingerprint density at radius 1 is 1.36 bits per heavy atom. The van der Waals surface area contributed by atoms with Crippen molar-refractivity contribution >= 4 is 11.9 Å². The van der Waals surface area contributed by atoms with Gasteiger partial charge in [0, 0.05) is 30.9 Å². The van der Waals surface area contributed by atoms with Crippen molar-refractivity contribution in [2.45, 2.75) is 45.4 Å². The fraction of sp³-hybridized carbons (Fsp3) is 0.688. The van der Waals surface area contributed by atoms with E-state index in [4.69, 9.17) is 4.74 Å². The first kappa shape index (κ1) is 13.9. The van der Waals surface area contributed by atoms with Gasteiger partial charge in [-0.1, -0.05) is 0 Å². The highest BCUT2D eigenvalue weighted by molar-refractivity contribution is 5.96. The van der Waals surface area contributed by atoms with Gasteiger partial charge in [0.25, 0.3) is 5.91 Å². The first-order valence-corrected chi connectivity index (χ1v) is 8.17. The maximum atomic E-state index is 12.4. The van der Waals surface area contributed by atoms with Crippen molar-refractivity contribution in [3.05, 3.63) is 17.5 Å². The highest BCUT2D eigenvalue weighted by Gasteiger charge is 2.37. The molecule has 118 valence electrons. The maximum absolute atomic E-state index is 12.4. The Labute approximate surface area is 130 Å². The minimum Gasteiger partial charge on any atom is -0.374 e. The number of aromatic nitrogens is 2. The van der Waals surface area contributed by atoms with Crippen LogP contribution < -0.4 is 4.90 Å². The van der Waals surface area contributed by atoms with Crippen LogP contribution in [0.1, 0.15) is 42.7 Å². The second kappa shape index (κ2) is 5.19. The Bertz CT molecular complexity index is 600. The predicted molar refractivity (Wildman–Crippen MR) is 81.7 cm³/mol. The Morgan fingerprint density at radius 2 is 2.18 bits per heavy atom. The van der Waals surface area contributed by atoms with Crippen LogP contribution in [-0.4, -0.2) is 52.6 Å². The summed E-state index contributed by atoms with van der Waals surface area (Å²) in [5.41, 5.74) is 1.52. The highest BCUT2D eigenvalue weighted by Crippen LogP contribution is 2.36. The molecule has 6 nitrogen and oxygen atoms in total. The number of carbonyl (C=O) groups excluding carboxylic acids is 1. The molecule has 0 bridgehead atoms. The van der Waals surface area contributed by atoms with Crippen LogP contribution in [0.25, 0.3) is 0 Å². The molecule has 1 aromatic heterocycles. The molecule has 2 fully saturated rings. The van der Waals surface area contributed by atoms with Crippen LogP contribution in [0.15, 0.2) is 6.20 Å². The molecule has 1 amide bonds. The lowest BCUT2D eigenvalue weighted by atomic mass is 10.2. The molecule has 1 unspecified atom stereocenters. The Balaban J connectivity index is 1.56. The van der Waals surface area contributed by atoms with Crippen molar-refractivity contribution in [2.24, 2.45) is 5.92 Å². The van der Waals surface area contributed by atoms with Gasteiger partial charge in [-0.3, -0.25) is 4.79 Å². The second-order valence-corrected chi connectivity index (χ2v) is 6.76. The van der Waals surface area contributed by atoms with Crippen LogP contribution in [0.4, 0.5) is 5.95 Å². The minimum atomic E-state index is 0.0284. The third kappa shape index (κ3) is 2.35. The van der Waals surface area contributed by atoms with E-state index in [1.807, 2.05) is 24.9 Å². The van der Waals surface area contributed by atoms with E-state index in [0.717, 1.165) is 18.7 Å². The molecule has 1 atom stereocenters. The van der Waals surface area contributed by atoms with Gasteiger partial charge in [0.05, 0.1) is 19.3 Å². The van der Waals surface area contributed by atoms with Gasteiger partial charge in [0.2, 0.25) is 5.95 Å². The zero-order valence-electron chi connectivity index (χ0n) is 13.2. The summed E-state index contributed by atoms with van der Waals surface area (Å²) >= 11 is 0. The molecule has 0 radical (unpaired) electrons. The second-order valence-electron chi connectivity index (χ2n) is 6.76. The number of anilines is 1. The molecule has 0 aromatic carbocycles. The van der Waals surface area contributed by atoms with Crippen molar-refractivity contribution in [3.63, 3.8) is 0 Å². The first-order valence-electron chi connectivity index (χ1n) is 8.17. The van der Waals surface area contributed by atoms with E-state index in [1.165, 1.54) is 12.8 Å². The Hall–Kier alpha value is -1.69. The predicted octanol–water partition coefficient (Wildman–Crippen LogP) is 1.46. The molecule has 4 rings (SSSR count). The fourth-order valence-electron chi connectivity index (χ4n) is 3.27. The SMILES string of the molecule is CC(C)N1Cc2cnc(N3CCOC(C4CC4)C3)nc2C1=O. The van der Waals surface area contributed by atoms with Crippen LogP contribution >= 0.6 is 0 Å². The molecular weight excluding hydrogens is 280 g/mol. The summed E-state index contributed by atoms with van der Waals surface area (Å²) in [6, 6.07) is 0.188. The minimum absolute atomic E-state index is 0.0284. The standard InChI is InChI=1S/C16H22N4O2/c1-10(2)20-8-12-7-17-16(18-14(12)15(20)21)19-5-6-22-13(9-19)11-3-4-11/h7,10-11,13H,3-6,8-9H2,1-2H3. The first-order chi connectivity index (χ1) is 10.6. The number of hydrogen-bond donors (Lipinski definition) is 0. The van der Waals surface area contributed by atoms with Gasteiger partial charge in [-0.05, 0) is 32.6 Å². The number of fused-ring (bicyclic) bond motifs is 1. The number of nitrogens with zero attached hydrogens (tertiary/aromatic N) is 4. The number of rotatable bonds is 3. The van der Waals surface area contributed by atoms with Crippen molar-refractivity contribution < 1.29 is 9.53 Å². The zero-order valence-corrected chi connectivity index (χ0v) is 13.2. The summed E-state index contributed by atoms with van der Waals surface area (Å²) in [7, 11) is 0. The average Bonchev–Trinajstić information content (AvgIpc) is 3.32. The van der Waals surface area contributed by atoms with E-state index in [9.17, 15) is 4.79 Å². The Morgan fingerprint density at radius 3 is 2.91 bits per heavy atom. The number of morpholine rings is 1. The molecule has 1 saturated carbocycles. The molecule has 1 saturated heterocycles. The molecule has 0 N–H and O–H groups in total. The van der Waals surface area contributed by atoms with E-state index < -0.39 is 0 Å². The van der Waals surface area contributed by atoms with E-state index in [-0.39, 0.29) is 11.9 Å². The zero-order chi connectivity index (χ0) is 15.3. The monoisotopic (exact) mass is 302 g/mol. The van der Waals surface area contributed by atoms with Gasteiger partial charge in [0.1, 0.15) is 5.69 Å². The van der Waals surface area contributed by atoms with Gasteiger partial charge >= 0.3 is 0 Å². The quantitative estimate of drug-likeness (QED) is 0.846. The van der Waals surface area contributed by atoms with E-state index in [1.54, 1.807) is 0 Å². The van der Waals surface area contributed by atoms with Crippen molar-refractivity contribution in [1.82, 2.24) is 14.9 Å². The number of carbonyl (C=O) groups is 1. The molecule has 1 aliphatic carbocycles. The highest BCUT2D eigenvalue weighted by atomic mass is 16.5. The number of hydrogen-bond acceptors (Lipinski definition) is 5. The molecule has 6 heteroatoms.